The van der Waals surface area contributed by atoms with Gasteiger partial charge in [-0.15, -0.1) is 11.3 Å². The molecule has 35 heavy (non-hydrogen) atoms. The van der Waals surface area contributed by atoms with Crippen molar-refractivity contribution < 1.29 is 4.39 Å². The van der Waals surface area contributed by atoms with Crippen molar-refractivity contribution in [1.29, 1.82) is 0 Å². The summed E-state index contributed by atoms with van der Waals surface area (Å²) in [6.07, 6.45) is 6.72. The van der Waals surface area contributed by atoms with Crippen molar-refractivity contribution in [3.8, 4) is 33.3 Å². The highest BCUT2D eigenvalue weighted by molar-refractivity contribution is 7.15. The second-order valence-electron chi connectivity index (χ2n) is 8.20. The van der Waals surface area contributed by atoms with Crippen LogP contribution in [0.4, 0.5) is 4.39 Å². The SMILES string of the molecule is CCNCc1cncc(-c2ncc3[nH]nc(-c4nc5c(-c6ccc(C)s6)nccc5[nH]4)c3c2F)c1. The maximum atomic E-state index is 15.9. The number of pyridine rings is 3. The molecule has 3 N–H and O–H groups in total. The minimum Gasteiger partial charge on any atom is -0.336 e. The Bertz CT molecular complexity index is 1680. The Hall–Kier alpha value is -4.02. The Labute approximate surface area is 203 Å². The number of nitrogens with one attached hydrogen (secondary N) is 3. The van der Waals surface area contributed by atoms with Crippen molar-refractivity contribution in [1.82, 2.24) is 40.4 Å². The van der Waals surface area contributed by atoms with E-state index in [1.54, 1.807) is 36.1 Å². The van der Waals surface area contributed by atoms with Gasteiger partial charge in [-0.05, 0) is 43.3 Å². The molecule has 10 heteroatoms. The van der Waals surface area contributed by atoms with Crippen LogP contribution in [0.25, 0.3) is 55.3 Å². The first-order valence-electron chi connectivity index (χ1n) is 11.2. The summed E-state index contributed by atoms with van der Waals surface area (Å²) in [6.45, 7) is 5.57. The Kier molecular flexibility index (Phi) is 5.31. The molecule has 0 aliphatic carbocycles. The number of nitrogens with zero attached hydrogens (tertiary/aromatic N) is 5. The van der Waals surface area contributed by atoms with E-state index in [1.807, 2.05) is 25.1 Å². The van der Waals surface area contributed by atoms with Crippen LogP contribution in [0.15, 0.2) is 49.1 Å². The van der Waals surface area contributed by atoms with Crippen LogP contribution in [0.3, 0.4) is 0 Å². The van der Waals surface area contributed by atoms with Gasteiger partial charge in [0.2, 0.25) is 0 Å². The normalized spacial score (nSPS) is 11.6. The average Bonchev–Trinajstić information content (AvgIpc) is 3.60. The molecule has 0 radical (unpaired) electrons. The molecule has 0 fully saturated rings. The monoisotopic (exact) mass is 484 g/mol. The Balaban J connectivity index is 1.48. The van der Waals surface area contributed by atoms with E-state index in [9.17, 15) is 0 Å². The van der Waals surface area contributed by atoms with Crippen molar-refractivity contribution in [2.45, 2.75) is 20.4 Å². The van der Waals surface area contributed by atoms with E-state index < -0.39 is 5.82 Å². The summed E-state index contributed by atoms with van der Waals surface area (Å²) in [6, 6.07) is 7.85. The number of thiophene rings is 1. The zero-order chi connectivity index (χ0) is 23.9. The van der Waals surface area contributed by atoms with E-state index in [0.717, 1.165) is 33.7 Å². The molecule has 6 aromatic heterocycles. The number of H-pyrrole nitrogens is 2. The van der Waals surface area contributed by atoms with Crippen LogP contribution in [0.5, 0.6) is 0 Å². The molecule has 174 valence electrons. The number of halogens is 1. The minimum atomic E-state index is -0.471. The van der Waals surface area contributed by atoms with Gasteiger partial charge in [0.15, 0.2) is 11.6 Å². The molecule has 6 aromatic rings. The molecule has 0 amide bonds. The average molecular weight is 485 g/mol. The fourth-order valence-corrected chi connectivity index (χ4v) is 4.99. The second-order valence-corrected chi connectivity index (χ2v) is 9.48. The standard InChI is InChI=1S/C25H21FN8S/c1-3-27-9-14-8-15(11-28-10-14)21-20(26)19-17(12-30-21)33-34-24(19)25-31-16-6-7-29-23(22(16)32-25)18-5-4-13(2)35-18/h4-8,10-12,27H,3,9H2,1-2H3,(H,31,32)(H,33,34). The zero-order valence-corrected chi connectivity index (χ0v) is 19.9. The van der Waals surface area contributed by atoms with Gasteiger partial charge in [0.05, 0.1) is 27.5 Å². The number of imidazole rings is 1. The van der Waals surface area contributed by atoms with Gasteiger partial charge in [0.25, 0.3) is 0 Å². The van der Waals surface area contributed by atoms with E-state index in [4.69, 9.17) is 4.98 Å². The smallest absolute Gasteiger partial charge is 0.161 e. The summed E-state index contributed by atoms with van der Waals surface area (Å²) in [5.41, 5.74) is 4.98. The third-order valence-electron chi connectivity index (χ3n) is 5.79. The van der Waals surface area contributed by atoms with E-state index >= 15 is 4.39 Å². The molecular formula is C25H21FN8S. The molecule has 0 spiro atoms. The number of fused-ring (bicyclic) bond motifs is 2. The number of aryl methyl sites for hydroxylation is 1. The van der Waals surface area contributed by atoms with E-state index in [-0.39, 0.29) is 5.69 Å². The molecule has 8 nitrogen and oxygen atoms in total. The molecule has 0 aliphatic rings. The molecule has 0 unspecified atom stereocenters. The molecule has 6 rings (SSSR count). The van der Waals surface area contributed by atoms with Crippen LogP contribution in [0.1, 0.15) is 17.4 Å². The number of hydrogen-bond acceptors (Lipinski definition) is 7. The Morgan fingerprint density at radius 3 is 2.77 bits per heavy atom. The highest BCUT2D eigenvalue weighted by Gasteiger charge is 2.21. The number of aromatic nitrogens is 7. The lowest BCUT2D eigenvalue weighted by Crippen LogP contribution is -2.11. The maximum Gasteiger partial charge on any atom is 0.161 e. The first kappa shape index (κ1) is 21.5. The second kappa shape index (κ2) is 8.64. The van der Waals surface area contributed by atoms with Gasteiger partial charge in [-0.1, -0.05) is 6.92 Å². The summed E-state index contributed by atoms with van der Waals surface area (Å²) >= 11 is 1.66. The van der Waals surface area contributed by atoms with Crippen molar-refractivity contribution in [3.05, 3.63) is 65.3 Å². The maximum absolute atomic E-state index is 15.9. The highest BCUT2D eigenvalue weighted by Crippen LogP contribution is 2.35. The zero-order valence-electron chi connectivity index (χ0n) is 19.1. The quantitative estimate of drug-likeness (QED) is 0.298. The van der Waals surface area contributed by atoms with Crippen molar-refractivity contribution in [2.75, 3.05) is 6.54 Å². The van der Waals surface area contributed by atoms with E-state index in [1.165, 1.54) is 4.88 Å². The molecule has 0 saturated carbocycles. The molecule has 0 atom stereocenters. The van der Waals surface area contributed by atoms with Crippen molar-refractivity contribution >= 4 is 33.3 Å². The Morgan fingerprint density at radius 2 is 1.94 bits per heavy atom. The van der Waals surface area contributed by atoms with Gasteiger partial charge in [0, 0.05) is 35.6 Å². The van der Waals surface area contributed by atoms with Crippen LogP contribution in [-0.2, 0) is 6.54 Å². The predicted molar refractivity (Wildman–Crippen MR) is 135 cm³/mol. The van der Waals surface area contributed by atoms with Gasteiger partial charge < -0.3 is 10.3 Å². The largest absolute Gasteiger partial charge is 0.336 e. The van der Waals surface area contributed by atoms with Crippen LogP contribution in [-0.4, -0.2) is 41.7 Å². The summed E-state index contributed by atoms with van der Waals surface area (Å²) in [5, 5.41) is 10.9. The van der Waals surface area contributed by atoms with Crippen LogP contribution < -0.4 is 5.32 Å². The molecule has 0 saturated heterocycles. The number of rotatable bonds is 6. The van der Waals surface area contributed by atoms with Crippen molar-refractivity contribution in [3.63, 3.8) is 0 Å². The topological polar surface area (TPSA) is 108 Å². The van der Waals surface area contributed by atoms with Crippen LogP contribution >= 0.6 is 11.3 Å². The van der Waals surface area contributed by atoms with Crippen LogP contribution in [0.2, 0.25) is 0 Å². The molecule has 0 aliphatic heterocycles. The van der Waals surface area contributed by atoms with Gasteiger partial charge in [-0.2, -0.15) is 5.10 Å². The first-order valence-corrected chi connectivity index (χ1v) is 12.0. The van der Waals surface area contributed by atoms with Crippen LogP contribution in [0, 0.1) is 12.7 Å². The van der Waals surface area contributed by atoms with Gasteiger partial charge in [-0.25, -0.2) is 9.37 Å². The predicted octanol–water partition coefficient (Wildman–Crippen LogP) is 5.24. The molecular weight excluding hydrogens is 463 g/mol. The van der Waals surface area contributed by atoms with Gasteiger partial charge in [-0.3, -0.25) is 20.1 Å². The van der Waals surface area contributed by atoms with E-state index in [0.29, 0.717) is 34.5 Å². The summed E-state index contributed by atoms with van der Waals surface area (Å²) in [7, 11) is 0. The third kappa shape index (κ3) is 3.76. The van der Waals surface area contributed by atoms with E-state index in [2.05, 4.69) is 48.4 Å². The minimum absolute atomic E-state index is 0.221. The lowest BCUT2D eigenvalue weighted by Gasteiger charge is -2.07. The number of aromatic amines is 2. The molecule has 0 bridgehead atoms. The number of hydrogen-bond donors (Lipinski definition) is 3. The fourth-order valence-electron chi connectivity index (χ4n) is 4.12. The molecule has 0 aromatic carbocycles. The third-order valence-corrected chi connectivity index (χ3v) is 6.80. The Morgan fingerprint density at radius 1 is 1.03 bits per heavy atom. The highest BCUT2D eigenvalue weighted by atomic mass is 32.1. The van der Waals surface area contributed by atoms with Gasteiger partial charge in [0.1, 0.15) is 22.6 Å². The summed E-state index contributed by atoms with van der Waals surface area (Å²) in [5.74, 6) is -0.00909. The summed E-state index contributed by atoms with van der Waals surface area (Å²) < 4.78 is 15.9. The lowest BCUT2D eigenvalue weighted by molar-refractivity contribution is 0.638. The molecule has 6 heterocycles. The first-order chi connectivity index (χ1) is 17.1. The fraction of sp³-hybridized carbons (Fsp3) is 0.160. The van der Waals surface area contributed by atoms with Crippen molar-refractivity contribution in [2.24, 2.45) is 0 Å². The van der Waals surface area contributed by atoms with Gasteiger partial charge >= 0.3 is 0 Å². The summed E-state index contributed by atoms with van der Waals surface area (Å²) in [4.78, 5) is 23.5. The lowest BCUT2D eigenvalue weighted by atomic mass is 10.1.